The largest absolute Gasteiger partial charge is 0.351 e. The van der Waals surface area contributed by atoms with Gasteiger partial charge in [0.05, 0.1) is 11.4 Å². The molecule has 1 fully saturated rings. The lowest BCUT2D eigenvalue weighted by Gasteiger charge is -2.44. The van der Waals surface area contributed by atoms with Crippen LogP contribution in [0.15, 0.2) is 47.8 Å². The van der Waals surface area contributed by atoms with Gasteiger partial charge in [-0.3, -0.25) is 14.3 Å². The van der Waals surface area contributed by atoms with Gasteiger partial charge in [-0.05, 0) is 54.5 Å². The average molecular weight is 515 g/mol. The highest BCUT2D eigenvalue weighted by Crippen LogP contribution is 2.33. The quantitative estimate of drug-likeness (QED) is 0.476. The number of hydrogen-bond donors (Lipinski definition) is 1. The molecule has 1 unspecified atom stereocenters. The number of benzene rings is 1. The molecule has 0 saturated heterocycles. The van der Waals surface area contributed by atoms with Crippen molar-refractivity contribution in [3.63, 3.8) is 0 Å². The van der Waals surface area contributed by atoms with Gasteiger partial charge in [0.25, 0.3) is 11.8 Å². The van der Waals surface area contributed by atoms with Crippen molar-refractivity contribution in [1.82, 2.24) is 20.0 Å². The normalized spacial score (nSPS) is 20.6. The molecule has 0 spiro atoms. The van der Waals surface area contributed by atoms with Gasteiger partial charge < -0.3 is 10.2 Å². The molecule has 2 aromatic heterocycles. The Morgan fingerprint density at radius 2 is 1.97 bits per heavy atom. The van der Waals surface area contributed by atoms with Crippen LogP contribution in [-0.4, -0.2) is 51.3 Å². The van der Waals surface area contributed by atoms with Crippen LogP contribution in [0.4, 0.5) is 4.39 Å². The molecule has 6 nitrogen and oxygen atoms in total. The lowest BCUT2D eigenvalue weighted by molar-refractivity contribution is -0.136. The minimum atomic E-state index is -1.65. The maximum absolute atomic E-state index is 15.0. The summed E-state index contributed by atoms with van der Waals surface area (Å²) in [6, 6.07) is 12.9. The highest BCUT2D eigenvalue weighted by molar-refractivity contribution is 7.13. The van der Waals surface area contributed by atoms with Crippen LogP contribution in [-0.2, 0) is 17.8 Å². The third-order valence-corrected chi connectivity index (χ3v) is 8.21. The second-order valence-corrected chi connectivity index (χ2v) is 10.7. The Balaban J connectivity index is 1.48. The second-order valence-electron chi connectivity index (χ2n) is 9.36. The van der Waals surface area contributed by atoms with Crippen LogP contribution in [0, 0.1) is 0 Å². The molecule has 1 saturated carbocycles. The summed E-state index contributed by atoms with van der Waals surface area (Å²) >= 11 is 7.53. The number of thiophene rings is 1. The highest BCUT2D eigenvalue weighted by atomic mass is 35.5. The third kappa shape index (κ3) is 4.74. The molecule has 1 N–H and O–H groups in total. The van der Waals surface area contributed by atoms with Crippen LogP contribution < -0.4 is 5.32 Å². The molecule has 1 aromatic carbocycles. The summed E-state index contributed by atoms with van der Waals surface area (Å²) in [7, 11) is 0. The summed E-state index contributed by atoms with van der Waals surface area (Å²) in [5.74, 6) is -0.813. The fourth-order valence-electron chi connectivity index (χ4n) is 5.06. The van der Waals surface area contributed by atoms with Gasteiger partial charge >= 0.3 is 0 Å². The predicted molar refractivity (Wildman–Crippen MR) is 135 cm³/mol. The molecule has 1 aliphatic carbocycles. The van der Waals surface area contributed by atoms with Crippen LogP contribution in [0.3, 0.4) is 0 Å². The van der Waals surface area contributed by atoms with E-state index in [9.17, 15) is 9.59 Å². The van der Waals surface area contributed by atoms with Crippen LogP contribution in [0.5, 0.6) is 0 Å². The zero-order chi connectivity index (χ0) is 24.4. The molecule has 0 bridgehead atoms. The standard InChI is InChI=1S/C26H28ClFN4O2S/c27-19-10-8-18(9-11-19)12-13-31-24(33)22-15-21(23-7-4-14-35-23)30-32(22)17-26(31,16-28)25(34)29-20-5-2-1-3-6-20/h4,7-11,14-15,20H,1-3,5-6,12-13,16-17H2,(H,29,34). The number of hydrogen-bond acceptors (Lipinski definition) is 4. The van der Waals surface area contributed by atoms with E-state index in [1.807, 2.05) is 29.6 Å². The Morgan fingerprint density at radius 1 is 1.20 bits per heavy atom. The monoisotopic (exact) mass is 514 g/mol. The minimum absolute atomic E-state index is 0.00795. The van der Waals surface area contributed by atoms with Gasteiger partial charge in [-0.15, -0.1) is 11.3 Å². The number of nitrogens with zero attached hydrogens (tertiary/aromatic N) is 3. The second kappa shape index (κ2) is 10.1. The number of carbonyl (C=O) groups excluding carboxylic acids is 2. The molecule has 3 aromatic rings. The fourth-order valence-corrected chi connectivity index (χ4v) is 5.87. The number of alkyl halides is 1. The van der Waals surface area contributed by atoms with E-state index in [2.05, 4.69) is 10.4 Å². The number of halogens is 2. The molecule has 1 atom stereocenters. The van der Waals surface area contributed by atoms with E-state index in [1.165, 1.54) is 20.9 Å². The van der Waals surface area contributed by atoms with Crippen molar-refractivity contribution in [2.75, 3.05) is 13.2 Å². The Hall–Kier alpha value is -2.71. The Labute approximate surface area is 213 Å². The molecule has 0 radical (unpaired) electrons. The van der Waals surface area contributed by atoms with Gasteiger partial charge in [-0.2, -0.15) is 5.10 Å². The molecule has 184 valence electrons. The van der Waals surface area contributed by atoms with E-state index in [0.29, 0.717) is 22.8 Å². The third-order valence-electron chi connectivity index (χ3n) is 7.07. The lowest BCUT2D eigenvalue weighted by Crippen LogP contribution is -2.68. The van der Waals surface area contributed by atoms with E-state index >= 15 is 4.39 Å². The number of rotatable bonds is 7. The van der Waals surface area contributed by atoms with E-state index < -0.39 is 18.1 Å². The Kier molecular flexibility index (Phi) is 6.93. The van der Waals surface area contributed by atoms with E-state index in [-0.39, 0.29) is 25.0 Å². The van der Waals surface area contributed by atoms with Gasteiger partial charge in [0, 0.05) is 17.6 Å². The van der Waals surface area contributed by atoms with Crippen LogP contribution in [0.2, 0.25) is 5.02 Å². The zero-order valence-electron chi connectivity index (χ0n) is 19.4. The van der Waals surface area contributed by atoms with Crippen molar-refractivity contribution in [3.05, 3.63) is 64.1 Å². The Morgan fingerprint density at radius 3 is 2.66 bits per heavy atom. The first-order valence-corrected chi connectivity index (χ1v) is 13.3. The van der Waals surface area contributed by atoms with E-state index in [0.717, 1.165) is 42.5 Å². The molecule has 1 aliphatic heterocycles. The molecule has 5 rings (SSSR count). The van der Waals surface area contributed by atoms with E-state index in [4.69, 9.17) is 11.6 Å². The first-order valence-electron chi connectivity index (χ1n) is 12.1. The highest BCUT2D eigenvalue weighted by Gasteiger charge is 2.52. The van der Waals surface area contributed by atoms with Gasteiger partial charge in [-0.25, -0.2) is 4.39 Å². The van der Waals surface area contributed by atoms with Crippen molar-refractivity contribution in [1.29, 1.82) is 0 Å². The summed E-state index contributed by atoms with van der Waals surface area (Å²) in [5, 5.41) is 10.2. The SMILES string of the molecule is O=C1c2cc(-c3cccs3)nn2CC(CF)(C(=O)NC2CCCCC2)N1CCc1ccc(Cl)cc1. The number of fused-ring (bicyclic) bond motifs is 1. The molecular weight excluding hydrogens is 487 g/mol. The van der Waals surface area contributed by atoms with Crippen LogP contribution >= 0.6 is 22.9 Å². The van der Waals surface area contributed by atoms with Gasteiger partial charge in [0.2, 0.25) is 0 Å². The summed E-state index contributed by atoms with van der Waals surface area (Å²) in [4.78, 5) is 29.8. The van der Waals surface area contributed by atoms with E-state index in [1.54, 1.807) is 18.2 Å². The number of nitrogens with one attached hydrogen (secondary N) is 1. The summed E-state index contributed by atoms with van der Waals surface area (Å²) in [5.41, 5.74) is 0.343. The number of aromatic nitrogens is 2. The first-order chi connectivity index (χ1) is 17.0. The topological polar surface area (TPSA) is 67.2 Å². The zero-order valence-corrected chi connectivity index (χ0v) is 21.0. The van der Waals surface area contributed by atoms with Gasteiger partial charge in [-0.1, -0.05) is 49.1 Å². The number of carbonyl (C=O) groups is 2. The predicted octanol–water partition coefficient (Wildman–Crippen LogP) is 5.12. The lowest BCUT2D eigenvalue weighted by atomic mass is 9.90. The smallest absolute Gasteiger partial charge is 0.273 e. The van der Waals surface area contributed by atoms with Crippen LogP contribution in [0.25, 0.3) is 10.6 Å². The van der Waals surface area contributed by atoms with Crippen molar-refractivity contribution < 1.29 is 14.0 Å². The van der Waals surface area contributed by atoms with Crippen molar-refractivity contribution in [2.24, 2.45) is 0 Å². The maximum atomic E-state index is 15.0. The molecule has 3 heterocycles. The minimum Gasteiger partial charge on any atom is -0.351 e. The van der Waals surface area contributed by atoms with Crippen molar-refractivity contribution in [2.45, 2.75) is 56.7 Å². The van der Waals surface area contributed by atoms with Gasteiger partial charge in [0.15, 0.2) is 5.54 Å². The van der Waals surface area contributed by atoms with Crippen molar-refractivity contribution in [3.8, 4) is 10.6 Å². The number of amides is 2. The first kappa shape index (κ1) is 24.0. The molecule has 9 heteroatoms. The summed E-state index contributed by atoms with van der Waals surface area (Å²) < 4.78 is 16.5. The molecule has 2 aliphatic rings. The molecule has 35 heavy (non-hydrogen) atoms. The van der Waals surface area contributed by atoms with Crippen molar-refractivity contribution >= 4 is 34.8 Å². The molecular formula is C26H28ClFN4O2S. The maximum Gasteiger partial charge on any atom is 0.273 e. The average Bonchev–Trinajstić information content (AvgIpc) is 3.55. The van der Waals surface area contributed by atoms with Crippen LogP contribution in [0.1, 0.15) is 48.2 Å². The fraction of sp³-hybridized carbons (Fsp3) is 0.423. The van der Waals surface area contributed by atoms with Gasteiger partial charge in [0.1, 0.15) is 18.1 Å². The molecule has 2 amide bonds. The summed E-state index contributed by atoms with van der Waals surface area (Å²) in [6.45, 7) is -0.789. The Bertz CT molecular complexity index is 1190. The summed E-state index contributed by atoms with van der Waals surface area (Å²) in [6.07, 6.45) is 5.47.